The third-order valence-electron chi connectivity index (χ3n) is 4.06. The van der Waals surface area contributed by atoms with Crippen LogP contribution < -0.4 is 19.5 Å². The molecule has 1 amide bonds. The average molecular weight is 463 g/mol. The van der Waals surface area contributed by atoms with Gasteiger partial charge in [0.15, 0.2) is 10.1 Å². The number of carbonyl (C=O) groups excluding carboxylic acids is 1. The smallest absolute Gasteiger partial charge is 0.327 e. The zero-order chi connectivity index (χ0) is 22.4. The van der Waals surface area contributed by atoms with Crippen molar-refractivity contribution in [2.75, 3.05) is 26.6 Å². The molecule has 1 heterocycles. The highest BCUT2D eigenvalue weighted by Gasteiger charge is 2.32. The number of methoxy groups -OCH3 is 3. The Bertz CT molecular complexity index is 1090. The molecular weight excluding hydrogens is 444 g/mol. The molecule has 0 aliphatic carbocycles. The zero-order valence-electron chi connectivity index (χ0n) is 16.8. The summed E-state index contributed by atoms with van der Waals surface area (Å²) in [5, 5.41) is 22.4. The molecule has 162 valence electrons. The lowest BCUT2D eigenvalue weighted by molar-refractivity contribution is -0.386. The molecule has 3 rings (SSSR count). The van der Waals surface area contributed by atoms with Crippen molar-refractivity contribution in [2.24, 2.45) is 0 Å². The van der Waals surface area contributed by atoms with Crippen LogP contribution >= 0.6 is 23.1 Å². The molecule has 12 heteroatoms. The molecule has 10 nitrogen and oxygen atoms in total. The fraction of sp³-hybridized carbons (Fsp3) is 0.211. The van der Waals surface area contributed by atoms with Gasteiger partial charge in [0, 0.05) is 11.8 Å². The van der Waals surface area contributed by atoms with E-state index in [0.29, 0.717) is 10.1 Å². The van der Waals surface area contributed by atoms with Crippen molar-refractivity contribution in [1.82, 2.24) is 10.2 Å². The van der Waals surface area contributed by atoms with E-state index in [1.165, 1.54) is 50.5 Å². The van der Waals surface area contributed by atoms with Gasteiger partial charge in [0.1, 0.15) is 5.56 Å². The molecule has 0 fully saturated rings. The Balaban J connectivity index is 1.83. The van der Waals surface area contributed by atoms with E-state index in [0.717, 1.165) is 5.56 Å². The topological polar surface area (TPSA) is 126 Å². The molecule has 0 spiro atoms. The van der Waals surface area contributed by atoms with Gasteiger partial charge < -0.3 is 14.2 Å². The summed E-state index contributed by atoms with van der Waals surface area (Å²) in [5.74, 6) is -0.132. The molecule has 0 atom stereocenters. The summed E-state index contributed by atoms with van der Waals surface area (Å²) < 4.78 is 16.1. The lowest BCUT2D eigenvalue weighted by Crippen LogP contribution is -2.15. The minimum atomic E-state index is -0.748. The normalized spacial score (nSPS) is 10.4. The highest BCUT2D eigenvalue weighted by Crippen LogP contribution is 2.46. The monoisotopic (exact) mass is 462 g/mol. The number of anilines is 1. The van der Waals surface area contributed by atoms with Crippen LogP contribution in [-0.2, 0) is 5.75 Å². The Kier molecular flexibility index (Phi) is 7.26. The van der Waals surface area contributed by atoms with Gasteiger partial charge in [-0.25, -0.2) is 0 Å². The van der Waals surface area contributed by atoms with Crippen molar-refractivity contribution in [3.8, 4) is 17.2 Å². The van der Waals surface area contributed by atoms with Crippen molar-refractivity contribution < 1.29 is 23.9 Å². The number of nitro groups is 1. The lowest BCUT2D eigenvalue weighted by Gasteiger charge is -2.14. The van der Waals surface area contributed by atoms with E-state index in [9.17, 15) is 14.9 Å². The number of rotatable bonds is 9. The second-order valence-electron chi connectivity index (χ2n) is 5.90. The van der Waals surface area contributed by atoms with Crippen LogP contribution in [0.25, 0.3) is 0 Å². The summed E-state index contributed by atoms with van der Waals surface area (Å²) in [6, 6.07) is 11.1. The molecule has 3 aromatic rings. The van der Waals surface area contributed by atoms with Gasteiger partial charge in [0.25, 0.3) is 5.91 Å². The minimum absolute atomic E-state index is 0.0174. The highest BCUT2D eigenvalue weighted by molar-refractivity contribution is 8.00. The standard InChI is InChI=1S/C19H18N4O6S2/c1-27-13-9-12(14(23(25)26)16(29-3)15(13)28-2)17(24)20-18-21-22-19(31-18)30-10-11-7-5-4-6-8-11/h4-9H,10H2,1-3H3,(H,20,21,24). The van der Waals surface area contributed by atoms with Gasteiger partial charge in [0.05, 0.1) is 26.3 Å². The van der Waals surface area contributed by atoms with E-state index in [1.807, 2.05) is 30.3 Å². The second kappa shape index (κ2) is 10.1. The molecule has 0 unspecified atom stereocenters. The SMILES string of the molecule is COc1cc(C(=O)Nc2nnc(SCc3ccccc3)s2)c([N+](=O)[O-])c(OC)c1OC. The van der Waals surface area contributed by atoms with E-state index in [1.54, 1.807) is 0 Å². The maximum atomic E-state index is 12.8. The van der Waals surface area contributed by atoms with E-state index in [4.69, 9.17) is 14.2 Å². The number of nitrogens with zero attached hydrogens (tertiary/aromatic N) is 3. The third kappa shape index (κ3) is 5.03. The third-order valence-corrected chi connectivity index (χ3v) is 6.11. The number of carbonyl (C=O) groups is 1. The van der Waals surface area contributed by atoms with Crippen LogP contribution in [0.15, 0.2) is 40.7 Å². The predicted molar refractivity (Wildman–Crippen MR) is 117 cm³/mol. The molecule has 0 radical (unpaired) electrons. The Morgan fingerprint density at radius 1 is 1.13 bits per heavy atom. The fourth-order valence-electron chi connectivity index (χ4n) is 2.70. The molecule has 0 saturated carbocycles. The van der Waals surface area contributed by atoms with Crippen LogP contribution in [0.5, 0.6) is 17.2 Å². The van der Waals surface area contributed by atoms with E-state index in [-0.39, 0.29) is 27.9 Å². The van der Waals surface area contributed by atoms with Crippen LogP contribution in [-0.4, -0.2) is 42.4 Å². The van der Waals surface area contributed by atoms with Crippen LogP contribution in [0.3, 0.4) is 0 Å². The molecule has 2 aromatic carbocycles. The lowest BCUT2D eigenvalue weighted by atomic mass is 10.1. The van der Waals surface area contributed by atoms with E-state index in [2.05, 4.69) is 15.5 Å². The second-order valence-corrected chi connectivity index (χ2v) is 8.10. The average Bonchev–Trinajstić information content (AvgIpc) is 3.23. The molecular formula is C19H18N4O6S2. The number of ether oxygens (including phenoxy) is 3. The van der Waals surface area contributed by atoms with Crippen molar-refractivity contribution in [3.63, 3.8) is 0 Å². The van der Waals surface area contributed by atoms with E-state index < -0.39 is 16.5 Å². The van der Waals surface area contributed by atoms with Gasteiger partial charge in [-0.05, 0) is 5.56 Å². The van der Waals surface area contributed by atoms with Gasteiger partial charge >= 0.3 is 5.69 Å². The number of thioether (sulfide) groups is 1. The zero-order valence-corrected chi connectivity index (χ0v) is 18.4. The summed E-state index contributed by atoms with van der Waals surface area (Å²) in [7, 11) is 3.92. The van der Waals surface area contributed by atoms with Crippen LogP contribution in [0, 0.1) is 10.1 Å². The fourth-order valence-corrected chi connectivity index (χ4v) is 4.40. The Morgan fingerprint density at radius 2 is 1.84 bits per heavy atom. The summed E-state index contributed by atoms with van der Waals surface area (Å²) in [4.78, 5) is 23.8. The van der Waals surface area contributed by atoms with E-state index >= 15 is 0 Å². The van der Waals surface area contributed by atoms with Gasteiger partial charge in [-0.1, -0.05) is 53.4 Å². The molecule has 0 aliphatic rings. The van der Waals surface area contributed by atoms with Gasteiger partial charge in [-0.3, -0.25) is 20.2 Å². The number of nitrogens with one attached hydrogen (secondary N) is 1. The summed E-state index contributed by atoms with van der Waals surface area (Å²) in [6.45, 7) is 0. The Hall–Kier alpha value is -3.38. The van der Waals surface area contributed by atoms with Crippen LogP contribution in [0.1, 0.15) is 15.9 Å². The Labute approximate surface area is 185 Å². The summed E-state index contributed by atoms with van der Waals surface area (Å²) >= 11 is 2.64. The minimum Gasteiger partial charge on any atom is -0.493 e. The molecule has 1 aromatic heterocycles. The van der Waals surface area contributed by atoms with Crippen molar-refractivity contribution >= 4 is 39.8 Å². The molecule has 31 heavy (non-hydrogen) atoms. The number of aromatic nitrogens is 2. The Morgan fingerprint density at radius 3 is 2.45 bits per heavy atom. The van der Waals surface area contributed by atoms with Gasteiger partial charge in [-0.15, -0.1) is 10.2 Å². The maximum absolute atomic E-state index is 12.8. The van der Waals surface area contributed by atoms with Crippen molar-refractivity contribution in [2.45, 2.75) is 10.1 Å². The van der Waals surface area contributed by atoms with Crippen LogP contribution in [0.2, 0.25) is 0 Å². The van der Waals surface area contributed by atoms with Gasteiger partial charge in [-0.2, -0.15) is 0 Å². The number of hydrogen-bond donors (Lipinski definition) is 1. The number of nitro benzene ring substituents is 1. The van der Waals surface area contributed by atoms with Gasteiger partial charge in [0.2, 0.25) is 16.6 Å². The number of benzene rings is 2. The van der Waals surface area contributed by atoms with Crippen molar-refractivity contribution in [1.29, 1.82) is 0 Å². The largest absolute Gasteiger partial charge is 0.493 e. The van der Waals surface area contributed by atoms with Crippen LogP contribution in [0.4, 0.5) is 10.8 Å². The molecule has 0 bridgehead atoms. The first-order valence-corrected chi connectivity index (χ1v) is 10.6. The molecule has 1 N–H and O–H groups in total. The molecule has 0 aliphatic heterocycles. The summed E-state index contributed by atoms with van der Waals surface area (Å²) in [6.07, 6.45) is 0. The first-order chi connectivity index (χ1) is 15.0. The van der Waals surface area contributed by atoms with Crippen molar-refractivity contribution in [3.05, 3.63) is 57.6 Å². The molecule has 0 saturated heterocycles. The predicted octanol–water partition coefficient (Wildman–Crippen LogP) is 4.02. The first-order valence-electron chi connectivity index (χ1n) is 8.77. The number of hydrogen-bond acceptors (Lipinski definition) is 10. The summed E-state index contributed by atoms with van der Waals surface area (Å²) in [5.41, 5.74) is 0.329. The maximum Gasteiger partial charge on any atom is 0.327 e. The quantitative estimate of drug-likeness (QED) is 0.217. The highest BCUT2D eigenvalue weighted by atomic mass is 32.2. The number of amides is 1. The first kappa shape index (κ1) is 22.3.